The highest BCUT2D eigenvalue weighted by atomic mass is 19.4. The second kappa shape index (κ2) is 7.56. The zero-order chi connectivity index (χ0) is 23.7. The Morgan fingerprint density at radius 3 is 2.71 bits per heavy atom. The molecule has 4 unspecified atom stereocenters. The first-order valence-electron chi connectivity index (χ1n) is 11.8. The average Bonchev–Trinajstić information content (AvgIpc) is 3.07. The minimum Gasteiger partial charge on any atom is -0.395 e. The molecule has 0 aromatic carbocycles. The molecule has 1 aliphatic heterocycles. The average molecular weight is 473 g/mol. The molecule has 2 aromatic heterocycles. The van der Waals surface area contributed by atoms with Crippen LogP contribution in [0.3, 0.4) is 0 Å². The monoisotopic (exact) mass is 473 g/mol. The van der Waals surface area contributed by atoms with Crippen LogP contribution in [0, 0.1) is 29.1 Å². The number of allylic oxidation sites excluding steroid dienone is 4. The number of carbonyl (C=O) groups is 1. The van der Waals surface area contributed by atoms with E-state index in [-0.39, 0.29) is 41.8 Å². The van der Waals surface area contributed by atoms with Gasteiger partial charge in [-0.1, -0.05) is 18.2 Å². The van der Waals surface area contributed by atoms with E-state index in [1.807, 2.05) is 6.08 Å². The number of amides is 1. The van der Waals surface area contributed by atoms with Crippen molar-refractivity contribution in [2.75, 3.05) is 31.6 Å². The number of rotatable bonds is 5. The van der Waals surface area contributed by atoms with Gasteiger partial charge in [-0.05, 0) is 55.1 Å². The molecule has 0 spiro atoms. The molecular weight excluding hydrogens is 447 g/mol. The van der Waals surface area contributed by atoms with Gasteiger partial charge in [0.1, 0.15) is 11.5 Å². The minimum atomic E-state index is -4.29. The lowest BCUT2D eigenvalue weighted by atomic mass is 9.76. The Kier molecular flexibility index (Phi) is 4.81. The van der Waals surface area contributed by atoms with Crippen molar-refractivity contribution in [1.29, 1.82) is 0 Å². The van der Waals surface area contributed by atoms with Crippen LogP contribution in [0.4, 0.5) is 19.0 Å². The third-order valence-corrected chi connectivity index (χ3v) is 8.20. The summed E-state index contributed by atoms with van der Waals surface area (Å²) < 4.78 is 42.8. The Hall–Kier alpha value is -2.88. The van der Waals surface area contributed by atoms with Crippen molar-refractivity contribution in [2.45, 2.75) is 25.4 Å². The Balaban J connectivity index is 1.14. The van der Waals surface area contributed by atoms with Crippen LogP contribution in [0.25, 0.3) is 5.65 Å². The van der Waals surface area contributed by atoms with Gasteiger partial charge in [-0.25, -0.2) is 9.50 Å². The van der Waals surface area contributed by atoms with E-state index >= 15 is 0 Å². The molecule has 4 aliphatic rings. The van der Waals surface area contributed by atoms with Crippen LogP contribution in [0.1, 0.15) is 29.8 Å². The molecule has 180 valence electrons. The highest BCUT2D eigenvalue weighted by Crippen LogP contribution is 2.71. The van der Waals surface area contributed by atoms with Crippen LogP contribution < -0.4 is 5.32 Å². The predicted octanol–water partition coefficient (Wildman–Crippen LogP) is 3.30. The van der Waals surface area contributed by atoms with Gasteiger partial charge >= 0.3 is 6.18 Å². The summed E-state index contributed by atoms with van der Waals surface area (Å²) in [5, 5.41) is 16.3. The van der Waals surface area contributed by atoms with Crippen molar-refractivity contribution in [3.05, 3.63) is 47.8 Å². The Labute approximate surface area is 194 Å². The molecule has 3 fully saturated rings. The Morgan fingerprint density at radius 1 is 1.24 bits per heavy atom. The summed E-state index contributed by atoms with van der Waals surface area (Å²) in [6.07, 6.45) is 4.13. The molecule has 0 bridgehead atoms. The van der Waals surface area contributed by atoms with E-state index < -0.39 is 11.6 Å². The smallest absolute Gasteiger partial charge is 0.395 e. The molecule has 7 nitrogen and oxygen atoms in total. The number of hydrogen-bond donors (Lipinski definition) is 2. The van der Waals surface area contributed by atoms with Crippen LogP contribution in [-0.4, -0.2) is 62.9 Å². The summed E-state index contributed by atoms with van der Waals surface area (Å²) in [5.41, 5.74) is -0.242. The number of hydrogen-bond acceptors (Lipinski definition) is 5. The second-order valence-corrected chi connectivity index (χ2v) is 10.0. The first-order chi connectivity index (χ1) is 16.3. The molecule has 1 saturated heterocycles. The highest BCUT2D eigenvalue weighted by molar-refractivity contribution is 5.93. The van der Waals surface area contributed by atoms with E-state index in [0.717, 1.165) is 12.8 Å². The first kappa shape index (κ1) is 21.6. The largest absolute Gasteiger partial charge is 0.413 e. The number of fused-ring (bicyclic) bond motifs is 3. The molecule has 4 atom stereocenters. The van der Waals surface area contributed by atoms with Crippen molar-refractivity contribution in [3.63, 3.8) is 0 Å². The van der Waals surface area contributed by atoms with Crippen molar-refractivity contribution < 1.29 is 23.1 Å². The zero-order valence-corrected chi connectivity index (χ0v) is 18.5. The molecule has 0 radical (unpaired) electrons. The summed E-state index contributed by atoms with van der Waals surface area (Å²) in [5.74, 6) is 0.885. The maximum absolute atomic E-state index is 13.8. The van der Waals surface area contributed by atoms with Gasteiger partial charge in [0.15, 0.2) is 5.65 Å². The minimum absolute atomic E-state index is 0.00193. The van der Waals surface area contributed by atoms with Gasteiger partial charge in [-0.15, -0.1) is 5.10 Å². The quantitative estimate of drug-likeness (QED) is 0.697. The summed E-state index contributed by atoms with van der Waals surface area (Å²) in [7, 11) is 0. The number of aliphatic hydroxyl groups excluding tert-OH is 1. The lowest BCUT2D eigenvalue weighted by Gasteiger charge is -2.31. The number of alkyl halides is 3. The van der Waals surface area contributed by atoms with E-state index in [1.54, 1.807) is 29.3 Å². The third kappa shape index (κ3) is 3.33. The van der Waals surface area contributed by atoms with Gasteiger partial charge < -0.3 is 15.3 Å². The fourth-order valence-corrected chi connectivity index (χ4v) is 6.65. The number of likely N-dealkylation sites (tertiary alicyclic amines) is 1. The van der Waals surface area contributed by atoms with Crippen molar-refractivity contribution in [2.24, 2.45) is 29.1 Å². The van der Waals surface area contributed by atoms with E-state index in [9.17, 15) is 18.0 Å². The standard InChI is InChI=1S/C24H26F3N5O2/c25-24(26,27)19-3-1-2-16-10-23(16,19)17-8-14-11-31(12-15(14)9-17)22(34)18-13-32-21(29-18)5-4-20(30-32)28-6-7-33/h1-5,13-17,33H,6-12H2,(H,28,30). The molecular formula is C24H26F3N5O2. The van der Waals surface area contributed by atoms with E-state index in [4.69, 9.17) is 5.11 Å². The van der Waals surface area contributed by atoms with Crippen molar-refractivity contribution in [1.82, 2.24) is 19.5 Å². The van der Waals surface area contributed by atoms with Gasteiger partial charge in [-0.2, -0.15) is 13.2 Å². The number of carbonyl (C=O) groups excluding carboxylic acids is 1. The fraction of sp³-hybridized carbons (Fsp3) is 0.542. The molecule has 2 aromatic rings. The molecule has 34 heavy (non-hydrogen) atoms. The number of nitrogens with zero attached hydrogens (tertiary/aromatic N) is 4. The molecule has 3 aliphatic carbocycles. The summed E-state index contributed by atoms with van der Waals surface area (Å²) >= 11 is 0. The van der Waals surface area contributed by atoms with Crippen LogP contribution >= 0.6 is 0 Å². The van der Waals surface area contributed by atoms with Crippen LogP contribution in [0.2, 0.25) is 0 Å². The van der Waals surface area contributed by atoms with Crippen LogP contribution in [-0.2, 0) is 0 Å². The number of aromatic nitrogens is 3. The molecule has 2 saturated carbocycles. The number of halogens is 3. The number of nitrogens with one attached hydrogen (secondary N) is 1. The molecule has 6 rings (SSSR count). The summed E-state index contributed by atoms with van der Waals surface area (Å²) in [6.45, 7) is 1.48. The summed E-state index contributed by atoms with van der Waals surface area (Å²) in [4.78, 5) is 19.4. The maximum atomic E-state index is 13.8. The third-order valence-electron chi connectivity index (χ3n) is 8.20. The SMILES string of the molecule is O=C(c1cn2nc(NCCO)ccc2n1)N1CC2CC(C34CC3C=CC=C4C(F)(F)F)CC2C1. The lowest BCUT2D eigenvalue weighted by Crippen LogP contribution is -2.33. The highest BCUT2D eigenvalue weighted by Gasteiger charge is 2.67. The molecule has 2 N–H and O–H groups in total. The number of imidazole rings is 1. The number of aliphatic hydroxyl groups is 1. The Morgan fingerprint density at radius 2 is 2.00 bits per heavy atom. The first-order valence-corrected chi connectivity index (χ1v) is 11.8. The second-order valence-electron chi connectivity index (χ2n) is 10.0. The normalized spacial score (nSPS) is 32.0. The zero-order valence-electron chi connectivity index (χ0n) is 18.5. The van der Waals surface area contributed by atoms with Gasteiger partial charge in [-0.3, -0.25) is 4.79 Å². The maximum Gasteiger partial charge on any atom is 0.413 e. The van der Waals surface area contributed by atoms with E-state index in [1.165, 1.54) is 10.6 Å². The molecule has 3 heterocycles. The fourth-order valence-electron chi connectivity index (χ4n) is 6.65. The Bertz CT molecular complexity index is 1190. The van der Waals surface area contributed by atoms with Gasteiger partial charge in [0.25, 0.3) is 5.91 Å². The molecule has 10 heteroatoms. The lowest BCUT2D eigenvalue weighted by molar-refractivity contribution is -0.105. The topological polar surface area (TPSA) is 82.8 Å². The van der Waals surface area contributed by atoms with Crippen LogP contribution in [0.5, 0.6) is 0 Å². The van der Waals surface area contributed by atoms with Crippen molar-refractivity contribution in [3.8, 4) is 0 Å². The van der Waals surface area contributed by atoms with Gasteiger partial charge in [0, 0.05) is 30.6 Å². The van der Waals surface area contributed by atoms with Gasteiger partial charge in [0.2, 0.25) is 0 Å². The van der Waals surface area contributed by atoms with E-state index in [0.29, 0.717) is 43.2 Å². The summed E-state index contributed by atoms with van der Waals surface area (Å²) in [6, 6.07) is 3.49. The van der Waals surface area contributed by atoms with Crippen LogP contribution in [0.15, 0.2) is 42.1 Å². The van der Waals surface area contributed by atoms with E-state index in [2.05, 4.69) is 15.4 Å². The number of anilines is 1. The van der Waals surface area contributed by atoms with Gasteiger partial charge in [0.05, 0.1) is 12.8 Å². The molecule has 1 amide bonds. The van der Waals surface area contributed by atoms with Crippen molar-refractivity contribution >= 4 is 17.4 Å². The predicted molar refractivity (Wildman–Crippen MR) is 118 cm³/mol.